The summed E-state index contributed by atoms with van der Waals surface area (Å²) < 4.78 is 3.25. The average Bonchev–Trinajstić information content (AvgIpc) is 2.30. The fourth-order valence-corrected chi connectivity index (χ4v) is 3.08. The number of benzene rings is 2. The fraction of sp³-hybridized carbons (Fsp3) is 0.0769. The zero-order valence-corrected chi connectivity index (χ0v) is 13.6. The van der Waals surface area contributed by atoms with Crippen LogP contribution in [0.25, 0.3) is 0 Å². The Kier molecular flexibility index (Phi) is 4.65. The highest BCUT2D eigenvalue weighted by Crippen LogP contribution is 2.27. The van der Waals surface area contributed by atoms with Gasteiger partial charge < -0.3 is 5.32 Å². The van der Waals surface area contributed by atoms with Crippen LogP contribution in [-0.4, -0.2) is 0 Å². The topological polar surface area (TPSA) is 12.0 Å². The van der Waals surface area contributed by atoms with E-state index in [-0.39, 0.29) is 0 Å². The van der Waals surface area contributed by atoms with Crippen LogP contribution in [0.4, 0.5) is 5.69 Å². The lowest BCUT2D eigenvalue weighted by Gasteiger charge is -2.10. The molecule has 0 fully saturated rings. The van der Waals surface area contributed by atoms with E-state index in [1.54, 1.807) is 0 Å². The van der Waals surface area contributed by atoms with Crippen LogP contribution < -0.4 is 5.32 Å². The van der Waals surface area contributed by atoms with Crippen molar-refractivity contribution < 1.29 is 0 Å². The summed E-state index contributed by atoms with van der Waals surface area (Å²) in [6, 6.07) is 14.3. The summed E-state index contributed by atoms with van der Waals surface area (Å²) in [5.74, 6) is 0. The van der Waals surface area contributed by atoms with Crippen LogP contribution in [0.15, 0.2) is 55.9 Å². The molecule has 1 nitrogen and oxygen atoms in total. The zero-order chi connectivity index (χ0) is 12.3. The first-order valence-corrected chi connectivity index (χ1v) is 7.47. The molecule has 0 aliphatic carbocycles. The minimum absolute atomic E-state index is 0.793. The summed E-state index contributed by atoms with van der Waals surface area (Å²) >= 11 is 10.5. The standard InChI is InChI=1S/C13H10Br3N/c14-10-5-6-13(12(16)7-10)17-8-9-3-1-2-4-11(9)15/h1-7,17H,8H2. The second-order valence-electron chi connectivity index (χ2n) is 3.57. The zero-order valence-electron chi connectivity index (χ0n) is 8.88. The van der Waals surface area contributed by atoms with Gasteiger partial charge in [-0.1, -0.05) is 50.1 Å². The highest BCUT2D eigenvalue weighted by atomic mass is 79.9. The van der Waals surface area contributed by atoms with E-state index < -0.39 is 0 Å². The van der Waals surface area contributed by atoms with Crippen molar-refractivity contribution in [2.24, 2.45) is 0 Å². The molecular weight excluding hydrogens is 410 g/mol. The van der Waals surface area contributed by atoms with Gasteiger partial charge in [0.15, 0.2) is 0 Å². The number of hydrogen-bond acceptors (Lipinski definition) is 1. The predicted molar refractivity (Wildman–Crippen MR) is 83.3 cm³/mol. The number of halogens is 3. The maximum atomic E-state index is 3.54. The summed E-state index contributed by atoms with van der Waals surface area (Å²) in [6.45, 7) is 0.793. The normalized spacial score (nSPS) is 10.3. The Morgan fingerprint density at radius 1 is 0.882 bits per heavy atom. The third-order valence-electron chi connectivity index (χ3n) is 2.36. The van der Waals surface area contributed by atoms with Gasteiger partial charge in [0.25, 0.3) is 0 Å². The van der Waals surface area contributed by atoms with Gasteiger partial charge in [-0.3, -0.25) is 0 Å². The van der Waals surface area contributed by atoms with E-state index in [9.17, 15) is 0 Å². The Morgan fingerprint density at radius 2 is 1.65 bits per heavy atom. The number of rotatable bonds is 3. The molecule has 0 atom stereocenters. The molecule has 2 aromatic carbocycles. The monoisotopic (exact) mass is 417 g/mol. The molecule has 0 aromatic heterocycles. The molecule has 4 heteroatoms. The first-order valence-electron chi connectivity index (χ1n) is 5.09. The van der Waals surface area contributed by atoms with Gasteiger partial charge in [-0.2, -0.15) is 0 Å². The van der Waals surface area contributed by atoms with Crippen molar-refractivity contribution in [1.82, 2.24) is 0 Å². The third kappa shape index (κ3) is 3.57. The molecule has 17 heavy (non-hydrogen) atoms. The van der Waals surface area contributed by atoms with Gasteiger partial charge in [0, 0.05) is 25.7 Å². The highest BCUT2D eigenvalue weighted by molar-refractivity contribution is 9.11. The van der Waals surface area contributed by atoms with Gasteiger partial charge in [0.2, 0.25) is 0 Å². The van der Waals surface area contributed by atoms with Crippen LogP contribution >= 0.6 is 47.8 Å². The van der Waals surface area contributed by atoms with Gasteiger partial charge >= 0.3 is 0 Å². The largest absolute Gasteiger partial charge is 0.380 e. The van der Waals surface area contributed by atoms with E-state index in [2.05, 4.69) is 59.2 Å². The number of anilines is 1. The van der Waals surface area contributed by atoms with E-state index in [1.165, 1.54) is 5.56 Å². The lowest BCUT2D eigenvalue weighted by atomic mass is 10.2. The van der Waals surface area contributed by atoms with Crippen LogP contribution in [0.3, 0.4) is 0 Å². The Labute approximate surface area is 126 Å². The second kappa shape index (κ2) is 6.03. The smallest absolute Gasteiger partial charge is 0.0488 e. The molecule has 0 radical (unpaired) electrons. The second-order valence-corrected chi connectivity index (χ2v) is 6.19. The van der Waals surface area contributed by atoms with Gasteiger partial charge in [-0.05, 0) is 45.8 Å². The minimum Gasteiger partial charge on any atom is -0.380 e. The van der Waals surface area contributed by atoms with Gasteiger partial charge in [-0.15, -0.1) is 0 Å². The van der Waals surface area contributed by atoms with E-state index in [0.717, 1.165) is 25.7 Å². The van der Waals surface area contributed by atoms with Crippen LogP contribution in [-0.2, 0) is 6.54 Å². The van der Waals surface area contributed by atoms with Crippen molar-refractivity contribution in [2.45, 2.75) is 6.54 Å². The summed E-state index contributed by atoms with van der Waals surface area (Å²) in [5, 5.41) is 3.40. The van der Waals surface area contributed by atoms with E-state index >= 15 is 0 Å². The van der Waals surface area contributed by atoms with Crippen molar-refractivity contribution in [1.29, 1.82) is 0 Å². The summed E-state index contributed by atoms with van der Waals surface area (Å²) in [7, 11) is 0. The molecule has 2 aromatic rings. The van der Waals surface area contributed by atoms with Crippen molar-refractivity contribution >= 4 is 53.5 Å². The molecule has 1 N–H and O–H groups in total. The average molecular weight is 420 g/mol. The lowest BCUT2D eigenvalue weighted by Crippen LogP contribution is -2.00. The molecule has 0 aliphatic heterocycles. The van der Waals surface area contributed by atoms with Crippen LogP contribution in [0.5, 0.6) is 0 Å². The quantitative estimate of drug-likeness (QED) is 0.684. The summed E-state index contributed by atoms with van der Waals surface area (Å²) in [5.41, 5.74) is 2.33. The van der Waals surface area contributed by atoms with Crippen LogP contribution in [0.2, 0.25) is 0 Å². The van der Waals surface area contributed by atoms with E-state index in [4.69, 9.17) is 0 Å². The van der Waals surface area contributed by atoms with Gasteiger partial charge in [0.05, 0.1) is 0 Å². The number of nitrogens with one attached hydrogen (secondary N) is 1. The Bertz CT molecular complexity index is 526. The van der Waals surface area contributed by atoms with Crippen molar-refractivity contribution in [2.75, 3.05) is 5.32 Å². The predicted octanol–water partition coefficient (Wildman–Crippen LogP) is 5.59. The summed E-state index contributed by atoms with van der Waals surface area (Å²) in [6.07, 6.45) is 0. The van der Waals surface area contributed by atoms with Crippen molar-refractivity contribution in [3.05, 3.63) is 61.4 Å². The molecular formula is C13H10Br3N. The molecule has 0 saturated heterocycles. The van der Waals surface area contributed by atoms with Crippen molar-refractivity contribution in [3.63, 3.8) is 0 Å². The first kappa shape index (κ1) is 13.1. The van der Waals surface area contributed by atoms with E-state index in [0.29, 0.717) is 0 Å². The molecule has 0 bridgehead atoms. The third-order valence-corrected chi connectivity index (χ3v) is 4.28. The van der Waals surface area contributed by atoms with Crippen LogP contribution in [0, 0.1) is 0 Å². The van der Waals surface area contributed by atoms with Crippen molar-refractivity contribution in [3.8, 4) is 0 Å². The van der Waals surface area contributed by atoms with Gasteiger partial charge in [0.1, 0.15) is 0 Å². The van der Waals surface area contributed by atoms with E-state index in [1.807, 2.05) is 36.4 Å². The Hall–Kier alpha value is -0.320. The lowest BCUT2D eigenvalue weighted by molar-refractivity contribution is 1.13. The molecule has 0 saturated carbocycles. The highest BCUT2D eigenvalue weighted by Gasteiger charge is 2.02. The SMILES string of the molecule is Brc1ccc(NCc2ccccc2Br)c(Br)c1. The Morgan fingerprint density at radius 3 is 2.35 bits per heavy atom. The first-order chi connectivity index (χ1) is 8.16. The maximum absolute atomic E-state index is 3.54. The molecule has 0 aliphatic rings. The Balaban J connectivity index is 2.10. The summed E-state index contributed by atoms with van der Waals surface area (Å²) in [4.78, 5) is 0. The van der Waals surface area contributed by atoms with Crippen LogP contribution in [0.1, 0.15) is 5.56 Å². The minimum atomic E-state index is 0.793. The fourth-order valence-electron chi connectivity index (χ4n) is 1.47. The molecule has 0 spiro atoms. The maximum Gasteiger partial charge on any atom is 0.0488 e. The molecule has 88 valence electrons. The number of hydrogen-bond donors (Lipinski definition) is 1. The van der Waals surface area contributed by atoms with Gasteiger partial charge in [-0.25, -0.2) is 0 Å². The molecule has 2 rings (SSSR count). The molecule has 0 unspecified atom stereocenters. The molecule has 0 heterocycles. The molecule has 0 amide bonds.